The van der Waals surface area contributed by atoms with Gasteiger partial charge in [0, 0.05) is 5.69 Å². The van der Waals surface area contributed by atoms with Crippen molar-refractivity contribution in [3.8, 4) is 5.75 Å². The Hall–Kier alpha value is -3.76. The second-order valence-electron chi connectivity index (χ2n) is 16.6. The van der Waals surface area contributed by atoms with E-state index in [0.29, 0.717) is 18.5 Å². The lowest BCUT2D eigenvalue weighted by molar-refractivity contribution is -0.150. The van der Waals surface area contributed by atoms with E-state index in [-0.39, 0.29) is 40.2 Å². The first-order chi connectivity index (χ1) is 23.6. The van der Waals surface area contributed by atoms with E-state index >= 15 is 0 Å². The minimum atomic E-state index is -1.15. The number of nitrogens with one attached hydrogen (secondary N) is 3. The summed E-state index contributed by atoms with van der Waals surface area (Å²) in [5.41, 5.74) is 8.66. The number of imide groups is 1. The average molecular weight is 687 g/mol. The molecule has 4 aliphatic rings. The molecule has 2 aromatic carbocycles. The fourth-order valence-corrected chi connectivity index (χ4v) is 10.6. The molecule has 2 fully saturated rings. The summed E-state index contributed by atoms with van der Waals surface area (Å²) in [7, 11) is 0. The van der Waals surface area contributed by atoms with Crippen molar-refractivity contribution >= 4 is 29.3 Å². The van der Waals surface area contributed by atoms with Gasteiger partial charge in [0.2, 0.25) is 23.6 Å². The second kappa shape index (κ2) is 13.1. The Kier molecular flexibility index (Phi) is 9.44. The van der Waals surface area contributed by atoms with Crippen molar-refractivity contribution in [2.45, 2.75) is 122 Å². The van der Waals surface area contributed by atoms with Gasteiger partial charge < -0.3 is 26.6 Å². The summed E-state index contributed by atoms with van der Waals surface area (Å²) in [6.45, 7) is 9.42. The molecule has 0 radical (unpaired) electrons. The number of aryl methyl sites for hydroxylation is 2. The molecule has 7 N–H and O–H groups in total. The lowest BCUT2D eigenvalue weighted by Gasteiger charge is -2.56. The van der Waals surface area contributed by atoms with E-state index in [1.807, 2.05) is 44.2 Å². The number of aliphatic hydroxyl groups excluding tert-OH is 1. The standard InChI is InChI=1S/C40H54N4O6/c1-23(41)33(47)43-30(22-45)34(48)42-26-12-8-24-10-14-31-37(2,28(24)20-26)16-6-18-39(31,4)35(49)44-36(50)40(5)19-7-17-38(3)29-21-27(46)13-9-25(29)11-15-32(38)40/h8-9,12-13,20-21,23,30-32,45-46H,6-7,10-11,14-19,22,41H2,1-5H3,(H,42,48)(H,43,47)(H,44,49,50)/t23-,30-,31+,32+,37+,38+,39-,40-/m0/s1. The maximum atomic E-state index is 14.5. The highest BCUT2D eigenvalue weighted by atomic mass is 16.3. The first-order valence-corrected chi connectivity index (χ1v) is 18.4. The predicted molar refractivity (Wildman–Crippen MR) is 191 cm³/mol. The fourth-order valence-electron chi connectivity index (χ4n) is 10.6. The van der Waals surface area contributed by atoms with E-state index < -0.39 is 41.3 Å². The zero-order valence-corrected chi connectivity index (χ0v) is 30.2. The number of hydrogen-bond acceptors (Lipinski definition) is 7. The zero-order valence-electron chi connectivity index (χ0n) is 30.2. The number of phenols is 1. The fraction of sp³-hybridized carbons (Fsp3) is 0.600. The number of aliphatic hydroxyl groups is 1. The van der Waals surface area contributed by atoms with Gasteiger partial charge in [0.25, 0.3) is 0 Å². The normalized spacial score (nSPS) is 32.5. The number of aromatic hydroxyl groups is 1. The Morgan fingerprint density at radius 2 is 1.32 bits per heavy atom. The van der Waals surface area contributed by atoms with Gasteiger partial charge in [-0.1, -0.05) is 52.7 Å². The third-order valence-electron chi connectivity index (χ3n) is 13.5. The lowest BCUT2D eigenvalue weighted by atomic mass is 9.49. The Morgan fingerprint density at radius 3 is 1.84 bits per heavy atom. The Bertz CT molecular complexity index is 1710. The topological polar surface area (TPSA) is 171 Å². The number of carbonyl (C=O) groups excluding carboxylic acids is 4. The minimum absolute atomic E-state index is 0.0283. The highest BCUT2D eigenvalue weighted by Gasteiger charge is 2.58. The third-order valence-corrected chi connectivity index (χ3v) is 13.5. The molecule has 0 bridgehead atoms. The number of phenolic OH excluding ortho intramolecular Hbond substituents is 1. The number of hydrogen-bond donors (Lipinski definition) is 6. The van der Waals surface area contributed by atoms with Gasteiger partial charge in [-0.25, -0.2) is 0 Å². The van der Waals surface area contributed by atoms with E-state index in [1.165, 1.54) is 18.1 Å². The number of nitrogens with two attached hydrogens (primary N) is 1. The van der Waals surface area contributed by atoms with Crippen molar-refractivity contribution in [2.75, 3.05) is 11.9 Å². The highest BCUT2D eigenvalue weighted by molar-refractivity contribution is 6.01. The maximum Gasteiger partial charge on any atom is 0.249 e. The van der Waals surface area contributed by atoms with E-state index in [9.17, 15) is 29.4 Å². The monoisotopic (exact) mass is 686 g/mol. The van der Waals surface area contributed by atoms with Crippen LogP contribution in [0.3, 0.4) is 0 Å². The largest absolute Gasteiger partial charge is 0.508 e. The van der Waals surface area contributed by atoms with Crippen molar-refractivity contribution in [3.63, 3.8) is 0 Å². The van der Waals surface area contributed by atoms with Gasteiger partial charge in [-0.15, -0.1) is 0 Å². The van der Waals surface area contributed by atoms with Gasteiger partial charge in [-0.3, -0.25) is 24.5 Å². The minimum Gasteiger partial charge on any atom is -0.508 e. The van der Waals surface area contributed by atoms with Crippen LogP contribution in [0.5, 0.6) is 5.75 Å². The van der Waals surface area contributed by atoms with Gasteiger partial charge in [-0.05, 0) is 127 Å². The van der Waals surface area contributed by atoms with Crippen molar-refractivity contribution < 1.29 is 29.4 Å². The lowest BCUT2D eigenvalue weighted by Crippen LogP contribution is -2.60. The molecule has 2 saturated carbocycles. The van der Waals surface area contributed by atoms with Crippen LogP contribution < -0.4 is 21.7 Å². The van der Waals surface area contributed by atoms with E-state index in [0.717, 1.165) is 62.5 Å². The molecule has 0 spiro atoms. The molecule has 4 aliphatic carbocycles. The SMILES string of the molecule is C[C@H](N)C(=O)N[C@@H](CO)C(=O)Nc1ccc2c(c1)[C@@]1(C)CCC[C@](C)(C(=O)NC(=O)[C@@]3(C)CCC[C@]4(C)c5cc(O)ccc5CC[C@@H]34)[C@@H]1CC2. The molecule has 0 saturated heterocycles. The number of anilines is 1. The van der Waals surface area contributed by atoms with E-state index in [4.69, 9.17) is 5.73 Å². The van der Waals surface area contributed by atoms with Crippen LogP contribution >= 0.6 is 0 Å². The van der Waals surface area contributed by atoms with Gasteiger partial charge in [0.15, 0.2) is 0 Å². The van der Waals surface area contributed by atoms with Crippen molar-refractivity contribution in [1.82, 2.24) is 10.6 Å². The molecule has 50 heavy (non-hydrogen) atoms. The Morgan fingerprint density at radius 1 is 0.800 bits per heavy atom. The van der Waals surface area contributed by atoms with Crippen LogP contribution in [0.2, 0.25) is 0 Å². The number of fused-ring (bicyclic) bond motifs is 6. The van der Waals surface area contributed by atoms with E-state index in [2.05, 4.69) is 29.8 Å². The van der Waals surface area contributed by atoms with Crippen molar-refractivity contribution in [1.29, 1.82) is 0 Å². The van der Waals surface area contributed by atoms with Crippen LogP contribution in [0, 0.1) is 22.7 Å². The summed E-state index contributed by atoms with van der Waals surface area (Å²) >= 11 is 0. The predicted octanol–water partition coefficient (Wildman–Crippen LogP) is 4.52. The number of amides is 4. The quantitative estimate of drug-likeness (QED) is 0.233. The van der Waals surface area contributed by atoms with Crippen LogP contribution in [-0.2, 0) is 42.8 Å². The molecule has 6 rings (SSSR count). The maximum absolute atomic E-state index is 14.5. The van der Waals surface area contributed by atoms with E-state index in [1.54, 1.807) is 6.07 Å². The molecular formula is C40H54N4O6. The molecule has 0 unspecified atom stereocenters. The van der Waals surface area contributed by atoms with Crippen LogP contribution in [0.1, 0.15) is 108 Å². The molecule has 2 aromatic rings. The van der Waals surface area contributed by atoms with Gasteiger partial charge in [-0.2, -0.15) is 0 Å². The number of carbonyl (C=O) groups is 4. The Balaban J connectivity index is 1.22. The second-order valence-corrected chi connectivity index (χ2v) is 16.6. The number of rotatable bonds is 7. The van der Waals surface area contributed by atoms with Crippen LogP contribution in [0.25, 0.3) is 0 Å². The zero-order chi connectivity index (χ0) is 36.2. The summed E-state index contributed by atoms with van der Waals surface area (Å²) in [5, 5.41) is 28.5. The number of benzene rings is 2. The summed E-state index contributed by atoms with van der Waals surface area (Å²) in [6, 6.07) is 9.48. The molecule has 10 nitrogen and oxygen atoms in total. The molecular weight excluding hydrogens is 632 g/mol. The van der Waals surface area contributed by atoms with Crippen molar-refractivity contribution in [2.24, 2.45) is 28.4 Å². The van der Waals surface area contributed by atoms with Gasteiger partial charge in [0.05, 0.1) is 23.5 Å². The first kappa shape index (κ1) is 36.0. The molecule has 10 heteroatoms. The molecule has 4 amide bonds. The molecule has 0 aliphatic heterocycles. The van der Waals surface area contributed by atoms with Crippen LogP contribution in [0.4, 0.5) is 5.69 Å². The van der Waals surface area contributed by atoms with Crippen molar-refractivity contribution in [3.05, 3.63) is 58.7 Å². The average Bonchev–Trinajstić information content (AvgIpc) is 3.07. The van der Waals surface area contributed by atoms with Gasteiger partial charge in [0.1, 0.15) is 11.8 Å². The summed E-state index contributed by atoms with van der Waals surface area (Å²) in [4.78, 5) is 54.0. The summed E-state index contributed by atoms with van der Waals surface area (Å²) in [6.07, 6.45) is 8.16. The van der Waals surface area contributed by atoms with Crippen LogP contribution in [0.15, 0.2) is 36.4 Å². The molecule has 270 valence electrons. The third kappa shape index (κ3) is 5.92. The summed E-state index contributed by atoms with van der Waals surface area (Å²) < 4.78 is 0. The van der Waals surface area contributed by atoms with Gasteiger partial charge >= 0.3 is 0 Å². The molecule has 0 heterocycles. The smallest absolute Gasteiger partial charge is 0.249 e. The highest BCUT2D eigenvalue weighted by Crippen LogP contribution is 2.59. The Labute approximate surface area is 295 Å². The molecule has 8 atom stereocenters. The van der Waals surface area contributed by atoms with Crippen LogP contribution in [-0.4, -0.2) is 52.5 Å². The molecule has 0 aromatic heterocycles. The first-order valence-electron chi connectivity index (χ1n) is 18.4. The summed E-state index contributed by atoms with van der Waals surface area (Å²) in [5.74, 6) is -1.21.